The second-order valence-electron chi connectivity index (χ2n) is 5.92. The van der Waals surface area contributed by atoms with Crippen LogP contribution in [-0.4, -0.2) is 17.6 Å². The summed E-state index contributed by atoms with van der Waals surface area (Å²) in [7, 11) is 0. The number of hydrogen-bond acceptors (Lipinski definition) is 3. The second-order valence-corrected chi connectivity index (χ2v) is 7.88. The summed E-state index contributed by atoms with van der Waals surface area (Å²) in [6, 6.07) is 16.9. The zero-order chi connectivity index (χ0) is 20.8. The fourth-order valence-electron chi connectivity index (χ4n) is 2.40. The summed E-state index contributed by atoms with van der Waals surface area (Å²) >= 11 is 4.43. The number of carbonyl (C=O) groups is 2. The first-order valence-corrected chi connectivity index (χ1v) is 10.2. The number of amides is 2. The predicted octanol–water partition coefficient (Wildman–Crippen LogP) is 5.71. The van der Waals surface area contributed by atoms with Gasteiger partial charge in [0.25, 0.3) is 5.91 Å². The lowest BCUT2D eigenvalue weighted by Gasteiger charge is -2.08. The molecule has 3 aromatic carbocycles. The molecule has 0 saturated carbocycles. The Kier molecular flexibility index (Phi) is 7.00. The van der Waals surface area contributed by atoms with Crippen LogP contribution in [0, 0.1) is 11.6 Å². The van der Waals surface area contributed by atoms with Gasteiger partial charge in [0, 0.05) is 15.1 Å². The minimum atomic E-state index is -0.592. The largest absolute Gasteiger partial charge is 0.323 e. The molecule has 2 N–H and O–H groups in total. The van der Waals surface area contributed by atoms with Gasteiger partial charge in [-0.05, 0) is 54.6 Å². The molecular formula is C21H15BrF2N2O2S. The molecule has 3 aromatic rings. The molecule has 0 radical (unpaired) electrons. The Hall–Kier alpha value is -2.71. The van der Waals surface area contributed by atoms with Gasteiger partial charge in [0.05, 0.1) is 17.0 Å². The van der Waals surface area contributed by atoms with Crippen LogP contribution in [-0.2, 0) is 4.79 Å². The number of benzene rings is 3. The summed E-state index contributed by atoms with van der Waals surface area (Å²) in [4.78, 5) is 24.9. The number of thioether (sulfide) groups is 1. The molecule has 4 nitrogen and oxygen atoms in total. The van der Waals surface area contributed by atoms with Crippen molar-refractivity contribution in [2.75, 3.05) is 16.4 Å². The highest BCUT2D eigenvalue weighted by Crippen LogP contribution is 2.23. The number of rotatable bonds is 6. The van der Waals surface area contributed by atoms with Crippen LogP contribution in [0.3, 0.4) is 0 Å². The van der Waals surface area contributed by atoms with E-state index < -0.39 is 17.5 Å². The lowest BCUT2D eigenvalue weighted by molar-refractivity contribution is -0.113. The van der Waals surface area contributed by atoms with Crippen LogP contribution in [0.4, 0.5) is 20.2 Å². The molecule has 2 amide bonds. The summed E-state index contributed by atoms with van der Waals surface area (Å²) in [5.41, 5.74) is 0.580. The molecule has 0 aromatic heterocycles. The highest BCUT2D eigenvalue weighted by atomic mass is 79.9. The van der Waals surface area contributed by atoms with Crippen molar-refractivity contribution in [3.63, 3.8) is 0 Å². The molecular weight excluding hydrogens is 462 g/mol. The summed E-state index contributed by atoms with van der Waals surface area (Å²) in [5.74, 6) is -1.90. The fourth-order valence-corrected chi connectivity index (χ4v) is 3.44. The van der Waals surface area contributed by atoms with Crippen LogP contribution in [0.15, 0.2) is 76.1 Å². The molecule has 8 heteroatoms. The molecule has 0 bridgehead atoms. The van der Waals surface area contributed by atoms with Gasteiger partial charge < -0.3 is 10.6 Å². The Morgan fingerprint density at radius 2 is 1.62 bits per heavy atom. The normalized spacial score (nSPS) is 10.4. The SMILES string of the molecule is O=C(CSc1ccc(NC(=O)c2ccccc2F)cc1)Nc1ccc(Br)cc1F. The molecule has 29 heavy (non-hydrogen) atoms. The van der Waals surface area contributed by atoms with Gasteiger partial charge in [0.2, 0.25) is 5.91 Å². The van der Waals surface area contributed by atoms with Gasteiger partial charge >= 0.3 is 0 Å². The number of carbonyl (C=O) groups excluding carboxylic acids is 2. The van der Waals surface area contributed by atoms with E-state index in [4.69, 9.17) is 0 Å². The van der Waals surface area contributed by atoms with Crippen LogP contribution < -0.4 is 10.6 Å². The van der Waals surface area contributed by atoms with Crippen LogP contribution in [0.1, 0.15) is 10.4 Å². The van der Waals surface area contributed by atoms with Gasteiger partial charge in [0.1, 0.15) is 11.6 Å². The third-order valence-corrected chi connectivity index (χ3v) is 5.31. The maximum Gasteiger partial charge on any atom is 0.258 e. The summed E-state index contributed by atoms with van der Waals surface area (Å²) in [5, 5.41) is 5.14. The standard InChI is InChI=1S/C21H15BrF2N2O2S/c22-13-5-10-19(18(24)11-13)26-20(27)12-29-15-8-6-14(7-9-15)25-21(28)16-3-1-2-4-17(16)23/h1-11H,12H2,(H,25,28)(H,26,27). The Bertz CT molecular complexity index is 1050. The maximum atomic E-state index is 13.8. The first kappa shape index (κ1) is 21.0. The van der Waals surface area contributed by atoms with E-state index in [1.165, 1.54) is 42.1 Å². The zero-order valence-corrected chi connectivity index (χ0v) is 17.3. The van der Waals surface area contributed by atoms with Gasteiger partial charge in [-0.2, -0.15) is 0 Å². The smallest absolute Gasteiger partial charge is 0.258 e. The molecule has 0 unspecified atom stereocenters. The van der Waals surface area contributed by atoms with Crippen molar-refractivity contribution in [2.45, 2.75) is 4.90 Å². The Balaban J connectivity index is 1.53. The second kappa shape index (κ2) is 9.67. The molecule has 148 valence electrons. The van der Waals surface area contributed by atoms with Gasteiger partial charge in [-0.3, -0.25) is 9.59 Å². The minimum absolute atomic E-state index is 0.0391. The molecule has 0 atom stereocenters. The van der Waals surface area contributed by atoms with Crippen molar-refractivity contribution in [2.24, 2.45) is 0 Å². The van der Waals surface area contributed by atoms with Gasteiger partial charge in [-0.1, -0.05) is 28.1 Å². The van der Waals surface area contributed by atoms with E-state index in [1.807, 2.05) is 0 Å². The third-order valence-electron chi connectivity index (χ3n) is 3.81. The van der Waals surface area contributed by atoms with Crippen molar-refractivity contribution in [3.8, 4) is 0 Å². The van der Waals surface area contributed by atoms with Crippen LogP contribution >= 0.6 is 27.7 Å². The topological polar surface area (TPSA) is 58.2 Å². The molecule has 0 fully saturated rings. The van der Waals surface area contributed by atoms with E-state index >= 15 is 0 Å². The molecule has 0 aliphatic rings. The van der Waals surface area contributed by atoms with Crippen molar-refractivity contribution >= 4 is 50.9 Å². The zero-order valence-electron chi connectivity index (χ0n) is 14.9. The predicted molar refractivity (Wildman–Crippen MR) is 114 cm³/mol. The van der Waals surface area contributed by atoms with Crippen molar-refractivity contribution in [3.05, 3.63) is 88.4 Å². The van der Waals surface area contributed by atoms with E-state index in [0.717, 1.165) is 4.90 Å². The fraction of sp³-hybridized carbons (Fsp3) is 0.0476. The number of anilines is 2. The number of nitrogens with one attached hydrogen (secondary N) is 2. The first-order valence-electron chi connectivity index (χ1n) is 8.46. The molecule has 0 aliphatic carbocycles. The average Bonchev–Trinajstić information content (AvgIpc) is 2.70. The highest BCUT2D eigenvalue weighted by Gasteiger charge is 2.11. The number of halogens is 3. The van der Waals surface area contributed by atoms with Crippen LogP contribution in [0.5, 0.6) is 0 Å². The van der Waals surface area contributed by atoms with E-state index in [0.29, 0.717) is 10.2 Å². The lowest BCUT2D eigenvalue weighted by Crippen LogP contribution is -2.15. The summed E-state index contributed by atoms with van der Waals surface area (Å²) in [6.07, 6.45) is 0. The molecule has 3 rings (SSSR count). The van der Waals surface area contributed by atoms with E-state index in [9.17, 15) is 18.4 Å². The average molecular weight is 477 g/mol. The number of hydrogen-bond donors (Lipinski definition) is 2. The van der Waals surface area contributed by atoms with Crippen LogP contribution in [0.25, 0.3) is 0 Å². The van der Waals surface area contributed by atoms with Crippen molar-refractivity contribution < 1.29 is 18.4 Å². The molecule has 0 heterocycles. The van der Waals surface area contributed by atoms with Gasteiger partial charge in [-0.25, -0.2) is 8.78 Å². The van der Waals surface area contributed by atoms with Gasteiger partial charge in [0.15, 0.2) is 0 Å². The first-order chi connectivity index (χ1) is 13.9. The van der Waals surface area contributed by atoms with Crippen molar-refractivity contribution in [1.29, 1.82) is 0 Å². The Labute approximate surface area is 178 Å². The van der Waals surface area contributed by atoms with E-state index in [1.54, 1.807) is 36.4 Å². The Morgan fingerprint density at radius 3 is 2.31 bits per heavy atom. The molecule has 0 saturated heterocycles. The van der Waals surface area contributed by atoms with E-state index in [-0.39, 0.29) is 22.9 Å². The molecule has 0 aliphatic heterocycles. The van der Waals surface area contributed by atoms with Crippen LogP contribution in [0.2, 0.25) is 0 Å². The minimum Gasteiger partial charge on any atom is -0.323 e. The molecule has 0 spiro atoms. The Morgan fingerprint density at radius 1 is 0.897 bits per heavy atom. The quantitative estimate of drug-likeness (QED) is 0.448. The maximum absolute atomic E-state index is 13.8. The van der Waals surface area contributed by atoms with E-state index in [2.05, 4.69) is 26.6 Å². The van der Waals surface area contributed by atoms with Gasteiger partial charge in [-0.15, -0.1) is 11.8 Å². The third kappa shape index (κ3) is 5.88. The monoisotopic (exact) mass is 476 g/mol. The highest BCUT2D eigenvalue weighted by molar-refractivity contribution is 9.10. The summed E-state index contributed by atoms with van der Waals surface area (Å²) < 4.78 is 28.0. The summed E-state index contributed by atoms with van der Waals surface area (Å²) in [6.45, 7) is 0. The van der Waals surface area contributed by atoms with Crippen molar-refractivity contribution in [1.82, 2.24) is 0 Å². The lowest BCUT2D eigenvalue weighted by atomic mass is 10.2.